The number of rotatable bonds is 4. The Bertz CT molecular complexity index is 381. The van der Waals surface area contributed by atoms with Crippen LogP contribution in [0.1, 0.15) is 0 Å². The third-order valence-electron chi connectivity index (χ3n) is 1.86. The third kappa shape index (κ3) is 5.27. The van der Waals surface area contributed by atoms with Gasteiger partial charge in [0, 0.05) is 34.4 Å². The first-order valence-electron chi connectivity index (χ1n) is 5.10. The SMILES string of the molecule is CN(C)c1nc(PCC(Cl)(Cl)Cl)nc(N(C)C)n1. The molecule has 1 rings (SSSR count). The minimum atomic E-state index is -1.28. The van der Waals surface area contributed by atoms with Crippen molar-refractivity contribution in [3.8, 4) is 0 Å². The van der Waals surface area contributed by atoms with Crippen LogP contribution in [0.25, 0.3) is 0 Å². The summed E-state index contributed by atoms with van der Waals surface area (Å²) < 4.78 is -1.28. The highest BCUT2D eigenvalue weighted by atomic mass is 35.6. The van der Waals surface area contributed by atoms with Crippen LogP contribution in [0.4, 0.5) is 11.9 Å². The molecule has 0 spiro atoms. The number of nitrogens with zero attached hydrogens (tertiary/aromatic N) is 5. The molecule has 5 nitrogen and oxygen atoms in total. The van der Waals surface area contributed by atoms with Crippen LogP contribution in [0.3, 0.4) is 0 Å². The minimum absolute atomic E-state index is 0.223. The first-order valence-corrected chi connectivity index (χ1v) is 7.44. The molecule has 1 atom stereocenters. The zero-order valence-corrected chi connectivity index (χ0v) is 13.8. The fourth-order valence-electron chi connectivity index (χ4n) is 1.01. The Morgan fingerprint density at radius 1 is 0.944 bits per heavy atom. The molecule has 0 aromatic carbocycles. The maximum Gasteiger partial charge on any atom is 0.230 e. The summed E-state index contributed by atoms with van der Waals surface area (Å²) in [5, 5.41) is 0. The van der Waals surface area contributed by atoms with Crippen molar-refractivity contribution in [3.63, 3.8) is 0 Å². The van der Waals surface area contributed by atoms with Crippen LogP contribution in [0.15, 0.2) is 0 Å². The molecule has 9 heteroatoms. The van der Waals surface area contributed by atoms with E-state index in [4.69, 9.17) is 34.8 Å². The molecule has 0 radical (unpaired) electrons. The highest BCUT2D eigenvalue weighted by molar-refractivity contribution is 7.47. The van der Waals surface area contributed by atoms with Gasteiger partial charge in [0.15, 0.2) is 9.36 Å². The molecule has 1 aromatic heterocycles. The highest BCUT2D eigenvalue weighted by Gasteiger charge is 2.20. The summed E-state index contributed by atoms with van der Waals surface area (Å²) >= 11 is 17.2. The maximum atomic E-state index is 5.73. The van der Waals surface area contributed by atoms with Crippen molar-refractivity contribution in [1.29, 1.82) is 0 Å². The molecule has 0 bridgehead atoms. The number of hydrogen-bond donors (Lipinski definition) is 0. The van der Waals surface area contributed by atoms with Gasteiger partial charge < -0.3 is 9.80 Å². The number of hydrogen-bond acceptors (Lipinski definition) is 5. The molecule has 1 aromatic rings. The van der Waals surface area contributed by atoms with E-state index in [1.807, 2.05) is 38.0 Å². The van der Waals surface area contributed by atoms with Crippen molar-refractivity contribution in [3.05, 3.63) is 0 Å². The first-order chi connectivity index (χ1) is 8.19. The highest BCUT2D eigenvalue weighted by Crippen LogP contribution is 2.32. The van der Waals surface area contributed by atoms with E-state index < -0.39 is 3.79 Å². The average Bonchev–Trinajstić information content (AvgIpc) is 2.25. The van der Waals surface area contributed by atoms with E-state index in [9.17, 15) is 0 Å². The van der Waals surface area contributed by atoms with Crippen LogP contribution in [-0.2, 0) is 0 Å². The van der Waals surface area contributed by atoms with Crippen LogP contribution in [-0.4, -0.2) is 53.1 Å². The zero-order valence-electron chi connectivity index (χ0n) is 10.6. The molecule has 0 amide bonds. The smallest absolute Gasteiger partial charge is 0.230 e. The van der Waals surface area contributed by atoms with E-state index in [2.05, 4.69) is 15.0 Å². The van der Waals surface area contributed by atoms with E-state index in [1.54, 1.807) is 0 Å². The molecule has 0 fully saturated rings. The molecule has 0 aliphatic rings. The lowest BCUT2D eigenvalue weighted by atomic mass is 10.7. The van der Waals surface area contributed by atoms with Crippen molar-refractivity contribution in [2.24, 2.45) is 0 Å². The summed E-state index contributed by atoms with van der Waals surface area (Å²) in [5.41, 5.74) is 0.642. The largest absolute Gasteiger partial charge is 0.347 e. The summed E-state index contributed by atoms with van der Waals surface area (Å²) in [6.07, 6.45) is 0.390. The molecule has 1 unspecified atom stereocenters. The molecule has 0 saturated carbocycles. The molecule has 18 heavy (non-hydrogen) atoms. The first kappa shape index (κ1) is 16.0. The predicted molar refractivity (Wildman–Crippen MR) is 81.6 cm³/mol. The lowest BCUT2D eigenvalue weighted by Crippen LogP contribution is -2.24. The summed E-state index contributed by atoms with van der Waals surface area (Å²) in [6.45, 7) is 0. The van der Waals surface area contributed by atoms with Crippen molar-refractivity contribution in [2.45, 2.75) is 3.79 Å². The van der Waals surface area contributed by atoms with Gasteiger partial charge >= 0.3 is 0 Å². The monoisotopic (exact) mass is 329 g/mol. The molecule has 0 saturated heterocycles. The Hall–Kier alpha value is -0.0900. The Kier molecular flexibility index (Phi) is 5.66. The molecule has 0 aliphatic heterocycles. The lowest BCUT2D eigenvalue weighted by molar-refractivity contribution is 0.932. The van der Waals surface area contributed by atoms with E-state index in [-0.39, 0.29) is 8.58 Å². The van der Waals surface area contributed by atoms with Gasteiger partial charge in [0.05, 0.1) is 0 Å². The van der Waals surface area contributed by atoms with E-state index in [0.717, 1.165) is 0 Å². The van der Waals surface area contributed by atoms with E-state index >= 15 is 0 Å². The van der Waals surface area contributed by atoms with Crippen molar-refractivity contribution < 1.29 is 0 Å². The maximum absolute atomic E-state index is 5.73. The fourth-order valence-corrected chi connectivity index (χ4v) is 2.33. The van der Waals surface area contributed by atoms with Crippen molar-refractivity contribution >= 4 is 60.8 Å². The summed E-state index contributed by atoms with van der Waals surface area (Å²) in [4.78, 5) is 16.6. The Morgan fingerprint density at radius 2 is 1.39 bits per heavy atom. The lowest BCUT2D eigenvalue weighted by Gasteiger charge is -2.17. The Balaban J connectivity index is 2.96. The number of alkyl halides is 3. The van der Waals surface area contributed by atoms with Gasteiger partial charge in [-0.25, -0.2) is 0 Å². The molecule has 0 aliphatic carbocycles. The van der Waals surface area contributed by atoms with Crippen LogP contribution in [0, 0.1) is 0 Å². The Labute approximate surface area is 124 Å². The number of halogens is 3. The second-order valence-electron chi connectivity index (χ2n) is 4.02. The summed E-state index contributed by atoms with van der Waals surface area (Å²) in [7, 11) is 7.71. The summed E-state index contributed by atoms with van der Waals surface area (Å²) in [6, 6.07) is 0. The molecule has 0 N–H and O–H groups in total. The molecule has 1 heterocycles. The van der Waals surface area contributed by atoms with Crippen LogP contribution in [0.2, 0.25) is 0 Å². The molecule has 102 valence electrons. The van der Waals surface area contributed by atoms with Crippen molar-refractivity contribution in [2.75, 3.05) is 44.2 Å². The third-order valence-corrected chi connectivity index (χ3v) is 4.18. The van der Waals surface area contributed by atoms with Crippen LogP contribution >= 0.6 is 43.4 Å². The van der Waals surface area contributed by atoms with E-state index in [0.29, 0.717) is 23.6 Å². The topological polar surface area (TPSA) is 45.2 Å². The summed E-state index contributed by atoms with van der Waals surface area (Å²) in [5.74, 6) is 1.20. The van der Waals surface area contributed by atoms with E-state index in [1.165, 1.54) is 0 Å². The molecular formula is C9H15Cl3N5P. The normalized spacial score (nSPS) is 12.2. The van der Waals surface area contributed by atoms with Gasteiger partial charge in [0.1, 0.15) is 0 Å². The predicted octanol–water partition coefficient (Wildman–Crippen LogP) is 1.68. The van der Waals surface area contributed by atoms with Gasteiger partial charge in [-0.2, -0.15) is 15.0 Å². The van der Waals surface area contributed by atoms with Crippen molar-refractivity contribution in [1.82, 2.24) is 15.0 Å². The molecular weight excluding hydrogens is 315 g/mol. The number of aromatic nitrogens is 3. The average molecular weight is 331 g/mol. The van der Waals surface area contributed by atoms with Gasteiger partial charge in [-0.3, -0.25) is 0 Å². The van der Waals surface area contributed by atoms with Gasteiger partial charge in [0.2, 0.25) is 11.9 Å². The standard InChI is InChI=1S/C9H15Cl3N5P/c1-16(2)6-13-7(17(3)4)15-8(14-6)18-5-9(10,11)12/h18H,5H2,1-4H3. The second-order valence-corrected chi connectivity index (χ2v) is 7.69. The number of anilines is 2. The van der Waals surface area contributed by atoms with Crippen LogP contribution < -0.4 is 15.4 Å². The second kappa shape index (κ2) is 6.38. The fraction of sp³-hybridized carbons (Fsp3) is 0.667. The Morgan fingerprint density at radius 3 is 1.72 bits per heavy atom. The van der Waals surface area contributed by atoms with Crippen LogP contribution in [0.5, 0.6) is 0 Å². The van der Waals surface area contributed by atoms with Gasteiger partial charge in [-0.05, 0) is 8.58 Å². The zero-order chi connectivity index (χ0) is 13.9. The minimum Gasteiger partial charge on any atom is -0.347 e. The quantitative estimate of drug-likeness (QED) is 0.621. The van der Waals surface area contributed by atoms with Gasteiger partial charge in [0.25, 0.3) is 0 Å². The van der Waals surface area contributed by atoms with Gasteiger partial charge in [-0.1, -0.05) is 34.8 Å². The van der Waals surface area contributed by atoms with Gasteiger partial charge in [-0.15, -0.1) is 0 Å².